The molecule has 0 radical (unpaired) electrons. The van der Waals surface area contributed by atoms with Gasteiger partial charge in [0.15, 0.2) is 0 Å². The molecule has 3 rings (SSSR count). The summed E-state index contributed by atoms with van der Waals surface area (Å²) in [6.45, 7) is 0.217. The zero-order valence-corrected chi connectivity index (χ0v) is 19.7. The Labute approximate surface area is 198 Å². The van der Waals surface area contributed by atoms with E-state index in [0.29, 0.717) is 22.9 Å². The minimum absolute atomic E-state index is 0.217. The molecule has 32 heavy (non-hydrogen) atoms. The van der Waals surface area contributed by atoms with E-state index < -0.39 is 11.7 Å². The third kappa shape index (κ3) is 7.01. The number of oxazole rings is 1. The van der Waals surface area contributed by atoms with Gasteiger partial charge in [0.2, 0.25) is 5.89 Å². The molecule has 8 heteroatoms. The van der Waals surface area contributed by atoms with Crippen LogP contribution in [0.2, 0.25) is 0 Å². The molecule has 0 fully saturated rings. The maximum Gasteiger partial charge on any atom is 0.416 e. The lowest BCUT2D eigenvalue weighted by molar-refractivity contribution is -0.137. The molecule has 0 amide bonds. The quantitative estimate of drug-likeness (QED) is 0.150. The average Bonchev–Trinajstić information content (AvgIpc) is 3.24. The standard InChI is InChI=1S/C24H23F3INO3/c1-30-22-14-21(11-8-18(22)4-2-3-13-28)31-15-20-16-32-23(29-20)12-7-17-5-9-19(10-6-17)24(25,26)27/h5-12,14,16H,2-4,13,15H2,1H3/b12-7+. The lowest BCUT2D eigenvalue weighted by Gasteiger charge is -2.11. The molecular formula is C24H23F3INO3. The average molecular weight is 557 g/mol. The van der Waals surface area contributed by atoms with Crippen molar-refractivity contribution < 1.29 is 27.1 Å². The number of aryl methyl sites for hydroxylation is 1. The van der Waals surface area contributed by atoms with Gasteiger partial charge in [0.1, 0.15) is 30.1 Å². The summed E-state index contributed by atoms with van der Waals surface area (Å²) in [5.41, 5.74) is 1.68. The van der Waals surface area contributed by atoms with Crippen LogP contribution < -0.4 is 9.47 Å². The van der Waals surface area contributed by atoms with Crippen LogP contribution in [-0.4, -0.2) is 16.5 Å². The number of rotatable bonds is 10. The van der Waals surface area contributed by atoms with Gasteiger partial charge in [-0.3, -0.25) is 0 Å². The first-order chi connectivity index (χ1) is 15.4. The van der Waals surface area contributed by atoms with Crippen molar-refractivity contribution in [1.82, 2.24) is 4.98 Å². The van der Waals surface area contributed by atoms with E-state index in [-0.39, 0.29) is 6.61 Å². The second kappa shape index (κ2) is 11.4. The first-order valence-corrected chi connectivity index (χ1v) is 11.6. The van der Waals surface area contributed by atoms with Crippen molar-refractivity contribution in [3.8, 4) is 11.5 Å². The number of benzene rings is 2. The molecule has 1 aromatic heterocycles. The molecule has 0 aliphatic carbocycles. The topological polar surface area (TPSA) is 44.5 Å². The Morgan fingerprint density at radius 1 is 1.06 bits per heavy atom. The van der Waals surface area contributed by atoms with Gasteiger partial charge in [-0.25, -0.2) is 4.98 Å². The predicted octanol–water partition coefficient (Wildman–Crippen LogP) is 7.21. The van der Waals surface area contributed by atoms with E-state index in [1.807, 2.05) is 18.2 Å². The zero-order chi connectivity index (χ0) is 23.0. The van der Waals surface area contributed by atoms with Crippen LogP contribution in [0.1, 0.15) is 41.1 Å². The Bertz CT molecular complexity index is 1030. The summed E-state index contributed by atoms with van der Waals surface area (Å²) in [6, 6.07) is 10.7. The van der Waals surface area contributed by atoms with Crippen molar-refractivity contribution in [1.29, 1.82) is 0 Å². The van der Waals surface area contributed by atoms with Crippen LogP contribution in [0.15, 0.2) is 53.1 Å². The van der Waals surface area contributed by atoms with Gasteiger partial charge >= 0.3 is 6.18 Å². The van der Waals surface area contributed by atoms with Crippen molar-refractivity contribution >= 4 is 34.7 Å². The summed E-state index contributed by atoms with van der Waals surface area (Å²) in [4.78, 5) is 4.32. The summed E-state index contributed by atoms with van der Waals surface area (Å²) in [5.74, 6) is 1.81. The molecule has 0 unspecified atom stereocenters. The molecule has 4 nitrogen and oxygen atoms in total. The predicted molar refractivity (Wildman–Crippen MR) is 126 cm³/mol. The second-order valence-corrected chi connectivity index (χ2v) is 8.12. The highest BCUT2D eigenvalue weighted by atomic mass is 127. The highest BCUT2D eigenvalue weighted by Gasteiger charge is 2.29. The van der Waals surface area contributed by atoms with Crippen LogP contribution in [0.3, 0.4) is 0 Å². The minimum Gasteiger partial charge on any atom is -0.496 e. The van der Waals surface area contributed by atoms with E-state index in [1.54, 1.807) is 19.3 Å². The summed E-state index contributed by atoms with van der Waals surface area (Å²) in [5, 5.41) is 0. The summed E-state index contributed by atoms with van der Waals surface area (Å²) < 4.78 is 55.7. The number of unbranched alkanes of at least 4 members (excludes halogenated alkanes) is 1. The van der Waals surface area contributed by atoms with Gasteiger partial charge in [-0.1, -0.05) is 40.8 Å². The summed E-state index contributed by atoms with van der Waals surface area (Å²) >= 11 is 2.38. The first kappa shape index (κ1) is 24.2. The van der Waals surface area contributed by atoms with Crippen LogP contribution in [0.4, 0.5) is 13.2 Å². The van der Waals surface area contributed by atoms with Crippen molar-refractivity contribution in [3.63, 3.8) is 0 Å². The number of nitrogens with zero attached hydrogens (tertiary/aromatic N) is 1. The van der Waals surface area contributed by atoms with E-state index >= 15 is 0 Å². The molecule has 2 aromatic carbocycles. The Balaban J connectivity index is 1.56. The Morgan fingerprint density at radius 2 is 1.84 bits per heavy atom. The number of halogens is 4. The van der Waals surface area contributed by atoms with Crippen molar-refractivity contribution in [2.75, 3.05) is 11.5 Å². The van der Waals surface area contributed by atoms with Crippen molar-refractivity contribution in [2.45, 2.75) is 32.0 Å². The van der Waals surface area contributed by atoms with Crippen LogP contribution in [-0.2, 0) is 19.2 Å². The molecule has 3 aromatic rings. The highest BCUT2D eigenvalue weighted by molar-refractivity contribution is 14.1. The molecule has 1 heterocycles. The van der Waals surface area contributed by atoms with Gasteiger partial charge in [-0.05, 0) is 59.1 Å². The zero-order valence-electron chi connectivity index (χ0n) is 17.5. The number of hydrogen-bond donors (Lipinski definition) is 0. The van der Waals surface area contributed by atoms with E-state index in [1.165, 1.54) is 24.8 Å². The number of hydrogen-bond acceptors (Lipinski definition) is 4. The fraction of sp³-hybridized carbons (Fsp3) is 0.292. The number of alkyl halides is 4. The van der Waals surface area contributed by atoms with Crippen molar-refractivity contribution in [2.24, 2.45) is 0 Å². The van der Waals surface area contributed by atoms with Gasteiger partial charge < -0.3 is 13.9 Å². The van der Waals surface area contributed by atoms with Crippen LogP contribution in [0.25, 0.3) is 12.2 Å². The van der Waals surface area contributed by atoms with Crippen LogP contribution >= 0.6 is 22.6 Å². The molecule has 0 aliphatic rings. The smallest absolute Gasteiger partial charge is 0.416 e. The van der Waals surface area contributed by atoms with Gasteiger partial charge in [0, 0.05) is 12.1 Å². The molecular weight excluding hydrogens is 534 g/mol. The van der Waals surface area contributed by atoms with Gasteiger partial charge in [-0.2, -0.15) is 13.2 Å². The second-order valence-electron chi connectivity index (χ2n) is 7.04. The SMILES string of the molecule is COc1cc(OCc2coc(/C=C/c3ccc(C(F)(F)F)cc3)n2)ccc1CCCCI. The fourth-order valence-electron chi connectivity index (χ4n) is 3.00. The molecule has 0 aliphatic heterocycles. The Kier molecular flexibility index (Phi) is 8.60. The van der Waals surface area contributed by atoms with Crippen LogP contribution in [0, 0.1) is 0 Å². The molecule has 0 bridgehead atoms. The fourth-order valence-corrected chi connectivity index (χ4v) is 3.54. The maximum atomic E-state index is 12.6. The molecule has 0 N–H and O–H groups in total. The third-order valence-electron chi connectivity index (χ3n) is 4.70. The lowest BCUT2D eigenvalue weighted by atomic mass is 10.1. The number of methoxy groups -OCH3 is 1. The number of aromatic nitrogens is 1. The van der Waals surface area contributed by atoms with Crippen LogP contribution in [0.5, 0.6) is 11.5 Å². The van der Waals surface area contributed by atoms with E-state index in [0.717, 1.165) is 40.7 Å². The summed E-state index contributed by atoms with van der Waals surface area (Å²) in [6.07, 6.45) is 3.62. The molecule has 0 atom stereocenters. The maximum absolute atomic E-state index is 12.6. The molecule has 0 saturated carbocycles. The normalized spacial score (nSPS) is 11.8. The third-order valence-corrected chi connectivity index (χ3v) is 5.46. The van der Waals surface area contributed by atoms with Gasteiger partial charge in [0.05, 0.1) is 12.7 Å². The first-order valence-electron chi connectivity index (χ1n) is 10.0. The minimum atomic E-state index is -4.35. The Morgan fingerprint density at radius 3 is 2.53 bits per heavy atom. The monoisotopic (exact) mass is 557 g/mol. The number of ether oxygens (including phenoxy) is 2. The summed E-state index contributed by atoms with van der Waals surface area (Å²) in [7, 11) is 1.65. The van der Waals surface area contributed by atoms with Gasteiger partial charge in [-0.15, -0.1) is 0 Å². The molecule has 0 spiro atoms. The van der Waals surface area contributed by atoms with Crippen molar-refractivity contribution in [3.05, 3.63) is 77.0 Å². The Hall–Kier alpha value is -2.49. The molecule has 0 saturated heterocycles. The molecule has 170 valence electrons. The lowest BCUT2D eigenvalue weighted by Crippen LogP contribution is -2.03. The van der Waals surface area contributed by atoms with E-state index in [2.05, 4.69) is 27.6 Å². The van der Waals surface area contributed by atoms with E-state index in [4.69, 9.17) is 13.9 Å². The van der Waals surface area contributed by atoms with Gasteiger partial charge in [0.25, 0.3) is 0 Å². The largest absolute Gasteiger partial charge is 0.496 e. The highest BCUT2D eigenvalue weighted by Crippen LogP contribution is 2.29. The van der Waals surface area contributed by atoms with E-state index in [9.17, 15) is 13.2 Å².